The summed E-state index contributed by atoms with van der Waals surface area (Å²) in [6.07, 6.45) is 6.87. The van der Waals surface area contributed by atoms with Crippen LogP contribution in [0.3, 0.4) is 0 Å². The highest BCUT2D eigenvalue weighted by molar-refractivity contribution is 6.01. The number of ketones is 1. The molecule has 1 heterocycles. The maximum atomic E-state index is 12.7. The predicted molar refractivity (Wildman–Crippen MR) is 117 cm³/mol. The van der Waals surface area contributed by atoms with Crippen LogP contribution < -0.4 is 4.90 Å². The standard InChI is InChI=1S/C25H22N2O3/c1-3-30-25(29)21(16-26)13-12-19-14-15-27(23-7-5-4-6-22(19)23)17-24(28)20-10-8-18(2)9-11-20/h4-15H,3,17H2,1-2H3. The largest absolute Gasteiger partial charge is 0.462 e. The van der Waals surface area contributed by atoms with Gasteiger partial charge in [-0.25, -0.2) is 4.79 Å². The van der Waals surface area contributed by atoms with Crippen molar-refractivity contribution in [2.45, 2.75) is 13.8 Å². The lowest BCUT2D eigenvalue weighted by Crippen LogP contribution is -2.27. The monoisotopic (exact) mass is 398 g/mol. The average molecular weight is 398 g/mol. The summed E-state index contributed by atoms with van der Waals surface area (Å²) in [6, 6.07) is 17.1. The van der Waals surface area contributed by atoms with Crippen LogP contribution in [0.5, 0.6) is 0 Å². The van der Waals surface area contributed by atoms with E-state index in [0.717, 1.165) is 22.4 Å². The molecule has 3 rings (SSSR count). The van der Waals surface area contributed by atoms with Gasteiger partial charge in [-0.15, -0.1) is 0 Å². The van der Waals surface area contributed by atoms with Crippen molar-refractivity contribution >= 4 is 23.0 Å². The number of hydrogen-bond acceptors (Lipinski definition) is 5. The fourth-order valence-corrected chi connectivity index (χ4v) is 3.11. The van der Waals surface area contributed by atoms with E-state index in [1.54, 1.807) is 13.0 Å². The van der Waals surface area contributed by atoms with Crippen LogP contribution in [0.25, 0.3) is 5.57 Å². The molecule has 0 aromatic heterocycles. The quantitative estimate of drug-likeness (QED) is 0.308. The van der Waals surface area contributed by atoms with Gasteiger partial charge in [0.15, 0.2) is 5.78 Å². The number of benzene rings is 2. The molecular formula is C25H22N2O3. The van der Waals surface area contributed by atoms with Crippen molar-refractivity contribution in [3.63, 3.8) is 0 Å². The number of para-hydroxylation sites is 1. The van der Waals surface area contributed by atoms with E-state index in [4.69, 9.17) is 4.74 Å². The molecular weight excluding hydrogens is 376 g/mol. The number of hydrogen-bond donors (Lipinski definition) is 0. The molecule has 5 heteroatoms. The van der Waals surface area contributed by atoms with Gasteiger partial charge < -0.3 is 9.64 Å². The highest BCUT2D eigenvalue weighted by Crippen LogP contribution is 2.33. The van der Waals surface area contributed by atoms with E-state index in [0.29, 0.717) is 5.56 Å². The fourth-order valence-electron chi connectivity index (χ4n) is 3.11. The first-order valence-corrected chi connectivity index (χ1v) is 9.66. The van der Waals surface area contributed by atoms with Crippen molar-refractivity contribution < 1.29 is 14.3 Å². The summed E-state index contributed by atoms with van der Waals surface area (Å²) in [4.78, 5) is 26.4. The Hall–Kier alpha value is -3.91. The molecule has 0 atom stereocenters. The summed E-state index contributed by atoms with van der Waals surface area (Å²) >= 11 is 0. The Kier molecular flexibility index (Phi) is 6.61. The van der Waals surface area contributed by atoms with E-state index in [-0.39, 0.29) is 24.5 Å². The molecule has 0 aliphatic carbocycles. The van der Waals surface area contributed by atoms with Crippen LogP contribution in [0, 0.1) is 18.3 Å². The predicted octanol–water partition coefficient (Wildman–Crippen LogP) is 4.61. The minimum absolute atomic E-state index is 0.0239. The second-order valence-corrected chi connectivity index (χ2v) is 6.78. The van der Waals surface area contributed by atoms with Gasteiger partial charge in [0.25, 0.3) is 0 Å². The van der Waals surface area contributed by atoms with Crippen molar-refractivity contribution in [3.8, 4) is 6.07 Å². The Morgan fingerprint density at radius 3 is 2.57 bits per heavy atom. The molecule has 0 fully saturated rings. The molecule has 150 valence electrons. The van der Waals surface area contributed by atoms with Crippen molar-refractivity contribution in [2.24, 2.45) is 0 Å². The Bertz CT molecular complexity index is 1090. The van der Waals surface area contributed by atoms with E-state index in [2.05, 4.69) is 0 Å². The number of carbonyl (C=O) groups is 2. The number of esters is 1. The maximum absolute atomic E-state index is 12.7. The molecule has 5 nitrogen and oxygen atoms in total. The second kappa shape index (κ2) is 9.53. The molecule has 0 saturated heterocycles. The number of fused-ring (bicyclic) bond motifs is 1. The Morgan fingerprint density at radius 2 is 1.87 bits per heavy atom. The van der Waals surface area contributed by atoms with Crippen LogP contribution in [0.15, 0.2) is 78.5 Å². The topological polar surface area (TPSA) is 70.4 Å². The van der Waals surface area contributed by atoms with Crippen LogP contribution in [-0.2, 0) is 9.53 Å². The van der Waals surface area contributed by atoms with E-state index in [9.17, 15) is 14.9 Å². The highest BCUT2D eigenvalue weighted by atomic mass is 16.5. The van der Waals surface area contributed by atoms with E-state index in [1.165, 1.54) is 6.08 Å². The minimum atomic E-state index is -0.643. The number of carbonyl (C=O) groups excluding carboxylic acids is 2. The van der Waals surface area contributed by atoms with Crippen LogP contribution in [0.2, 0.25) is 0 Å². The molecule has 2 aromatic rings. The first-order chi connectivity index (χ1) is 14.5. The van der Waals surface area contributed by atoms with Gasteiger partial charge in [0.05, 0.1) is 13.2 Å². The van der Waals surface area contributed by atoms with Crippen molar-refractivity contribution in [1.82, 2.24) is 0 Å². The lowest BCUT2D eigenvalue weighted by molar-refractivity contribution is -0.138. The van der Waals surface area contributed by atoms with E-state index >= 15 is 0 Å². The molecule has 1 aliphatic rings. The average Bonchev–Trinajstić information content (AvgIpc) is 2.76. The third kappa shape index (κ3) is 4.73. The second-order valence-electron chi connectivity index (χ2n) is 6.78. The normalized spacial score (nSPS) is 14.2. The SMILES string of the molecule is CCOC(=O)C(C#N)=CC=C1C=CN(CC(=O)c2ccc(C)cc2)c2ccccc21. The molecule has 0 radical (unpaired) electrons. The lowest BCUT2D eigenvalue weighted by atomic mass is 9.98. The van der Waals surface area contributed by atoms with Gasteiger partial charge in [0, 0.05) is 23.0 Å². The van der Waals surface area contributed by atoms with Crippen molar-refractivity contribution in [3.05, 3.63) is 95.2 Å². The van der Waals surface area contributed by atoms with Gasteiger partial charge in [-0.05, 0) is 37.6 Å². The van der Waals surface area contributed by atoms with Crippen molar-refractivity contribution in [2.75, 3.05) is 18.1 Å². The summed E-state index contributed by atoms with van der Waals surface area (Å²) < 4.78 is 4.89. The number of anilines is 1. The molecule has 2 aromatic carbocycles. The number of ether oxygens (including phenoxy) is 1. The van der Waals surface area contributed by atoms with E-state index in [1.807, 2.05) is 78.7 Å². The molecule has 0 unspecified atom stereocenters. The zero-order chi connectivity index (χ0) is 21.5. The summed E-state index contributed by atoms with van der Waals surface area (Å²) in [7, 11) is 0. The summed E-state index contributed by atoms with van der Waals surface area (Å²) in [5.41, 5.74) is 4.35. The first kappa shape index (κ1) is 20.8. The Morgan fingerprint density at radius 1 is 1.13 bits per heavy atom. The Labute approximate surface area is 176 Å². The highest BCUT2D eigenvalue weighted by Gasteiger charge is 2.19. The number of Topliss-reactive ketones (excluding diaryl/α,β-unsaturated/α-hetero) is 1. The van der Waals surface area contributed by atoms with Gasteiger partial charge in [0.1, 0.15) is 11.6 Å². The number of allylic oxidation sites excluding steroid dienone is 4. The van der Waals surface area contributed by atoms with Crippen LogP contribution in [-0.4, -0.2) is 24.9 Å². The van der Waals surface area contributed by atoms with Crippen LogP contribution in [0.4, 0.5) is 5.69 Å². The van der Waals surface area contributed by atoms with Crippen LogP contribution in [0.1, 0.15) is 28.4 Å². The zero-order valence-corrected chi connectivity index (χ0v) is 17.0. The maximum Gasteiger partial charge on any atom is 0.348 e. The third-order valence-electron chi connectivity index (χ3n) is 4.69. The summed E-state index contributed by atoms with van der Waals surface area (Å²) in [5.74, 6) is -0.619. The summed E-state index contributed by atoms with van der Waals surface area (Å²) in [6.45, 7) is 4.10. The van der Waals surface area contributed by atoms with Gasteiger partial charge in [-0.2, -0.15) is 5.26 Å². The first-order valence-electron chi connectivity index (χ1n) is 9.66. The zero-order valence-electron chi connectivity index (χ0n) is 17.0. The fraction of sp³-hybridized carbons (Fsp3) is 0.160. The molecule has 0 bridgehead atoms. The minimum Gasteiger partial charge on any atom is -0.462 e. The van der Waals surface area contributed by atoms with Gasteiger partial charge in [0.2, 0.25) is 0 Å². The molecule has 0 amide bonds. The lowest BCUT2D eigenvalue weighted by Gasteiger charge is -2.27. The summed E-state index contributed by atoms with van der Waals surface area (Å²) in [5, 5.41) is 9.20. The third-order valence-corrected chi connectivity index (χ3v) is 4.69. The number of rotatable bonds is 6. The molecule has 30 heavy (non-hydrogen) atoms. The molecule has 0 spiro atoms. The number of nitrogens with zero attached hydrogens (tertiary/aromatic N) is 2. The molecule has 0 saturated carbocycles. The Balaban J connectivity index is 1.87. The number of nitriles is 1. The van der Waals surface area contributed by atoms with E-state index < -0.39 is 5.97 Å². The van der Waals surface area contributed by atoms with Gasteiger partial charge >= 0.3 is 5.97 Å². The number of aryl methyl sites for hydroxylation is 1. The molecule has 1 aliphatic heterocycles. The molecule has 0 N–H and O–H groups in total. The van der Waals surface area contributed by atoms with Crippen LogP contribution >= 0.6 is 0 Å². The van der Waals surface area contributed by atoms with Gasteiger partial charge in [-0.3, -0.25) is 4.79 Å². The van der Waals surface area contributed by atoms with Crippen molar-refractivity contribution in [1.29, 1.82) is 5.26 Å². The van der Waals surface area contributed by atoms with Gasteiger partial charge in [-0.1, -0.05) is 54.1 Å². The smallest absolute Gasteiger partial charge is 0.348 e.